The molecule has 0 radical (unpaired) electrons. The molecular weight excluding hydrogens is 318 g/mol. The van der Waals surface area contributed by atoms with E-state index in [4.69, 9.17) is 0 Å². The zero-order valence-electron chi connectivity index (χ0n) is 13.6. The first kappa shape index (κ1) is 15.5. The first-order chi connectivity index (χ1) is 12.3. The summed E-state index contributed by atoms with van der Waals surface area (Å²) < 4.78 is 1.87. The van der Waals surface area contributed by atoms with Gasteiger partial charge < -0.3 is 10.6 Å². The highest BCUT2D eigenvalue weighted by atomic mass is 16.2. The number of hydrogen-bond acceptors (Lipinski definition) is 5. The van der Waals surface area contributed by atoms with Gasteiger partial charge in [-0.2, -0.15) is 10.2 Å². The summed E-state index contributed by atoms with van der Waals surface area (Å²) in [5, 5.41) is 17.6. The second-order valence-corrected chi connectivity index (χ2v) is 6.04. The number of nitrogens with one attached hydrogen (secondary N) is 3. The number of rotatable bonds is 4. The summed E-state index contributed by atoms with van der Waals surface area (Å²) in [4.78, 5) is 16.4. The molecule has 8 nitrogen and oxygen atoms in total. The van der Waals surface area contributed by atoms with Crippen molar-refractivity contribution in [1.29, 1.82) is 0 Å². The molecule has 1 amide bonds. The molecule has 3 aromatic rings. The van der Waals surface area contributed by atoms with Crippen molar-refractivity contribution in [3.63, 3.8) is 0 Å². The van der Waals surface area contributed by atoms with Crippen molar-refractivity contribution in [2.24, 2.45) is 0 Å². The van der Waals surface area contributed by atoms with E-state index in [9.17, 15) is 4.79 Å². The van der Waals surface area contributed by atoms with Crippen LogP contribution in [0.1, 0.15) is 29.4 Å². The molecule has 4 rings (SSSR count). The van der Waals surface area contributed by atoms with E-state index in [1.165, 1.54) is 0 Å². The maximum Gasteiger partial charge on any atom is 0.277 e. The van der Waals surface area contributed by atoms with E-state index in [0.717, 1.165) is 37.2 Å². The van der Waals surface area contributed by atoms with Crippen molar-refractivity contribution in [1.82, 2.24) is 30.3 Å². The number of aromatic amines is 1. The lowest BCUT2D eigenvalue weighted by molar-refractivity contribution is 0.102. The van der Waals surface area contributed by atoms with Crippen molar-refractivity contribution in [2.45, 2.75) is 18.9 Å². The van der Waals surface area contributed by atoms with Gasteiger partial charge in [-0.25, -0.2) is 0 Å². The molecule has 0 aliphatic carbocycles. The Kier molecular flexibility index (Phi) is 4.26. The molecular formula is C17H19N7O. The zero-order valence-corrected chi connectivity index (χ0v) is 13.6. The molecule has 1 aliphatic heterocycles. The quantitative estimate of drug-likeness (QED) is 0.674. The summed E-state index contributed by atoms with van der Waals surface area (Å²) in [6, 6.07) is 7.58. The molecule has 1 saturated heterocycles. The first-order valence-electron chi connectivity index (χ1n) is 8.32. The van der Waals surface area contributed by atoms with Crippen LogP contribution in [0.2, 0.25) is 0 Å². The Hall–Kier alpha value is -3.00. The number of H-pyrrole nitrogens is 1. The molecule has 0 bridgehead atoms. The molecule has 0 spiro atoms. The fraction of sp³-hybridized carbons (Fsp3) is 0.294. The molecule has 8 heteroatoms. The highest BCUT2D eigenvalue weighted by Crippen LogP contribution is 2.19. The van der Waals surface area contributed by atoms with Crippen molar-refractivity contribution >= 4 is 11.7 Å². The Morgan fingerprint density at radius 3 is 2.96 bits per heavy atom. The van der Waals surface area contributed by atoms with E-state index < -0.39 is 0 Å². The summed E-state index contributed by atoms with van der Waals surface area (Å²) in [7, 11) is 0. The number of pyridine rings is 1. The van der Waals surface area contributed by atoms with Crippen LogP contribution in [-0.4, -0.2) is 44.0 Å². The van der Waals surface area contributed by atoms with Crippen LogP contribution in [0.4, 0.5) is 5.82 Å². The minimum atomic E-state index is -0.268. The molecule has 4 heterocycles. The van der Waals surface area contributed by atoms with Gasteiger partial charge in [0.05, 0.1) is 11.7 Å². The highest BCUT2D eigenvalue weighted by Gasteiger charge is 2.18. The van der Waals surface area contributed by atoms with Crippen LogP contribution < -0.4 is 10.6 Å². The van der Waals surface area contributed by atoms with E-state index >= 15 is 0 Å². The van der Waals surface area contributed by atoms with Crippen molar-refractivity contribution in [3.8, 4) is 11.3 Å². The summed E-state index contributed by atoms with van der Waals surface area (Å²) in [6.45, 7) is 1.93. The number of piperidine rings is 1. The predicted octanol–water partition coefficient (Wildman–Crippen LogP) is 1.84. The molecule has 1 atom stereocenters. The second kappa shape index (κ2) is 6.86. The number of nitrogens with zero attached hydrogens (tertiary/aromatic N) is 4. The number of hydrogen-bond donors (Lipinski definition) is 3. The summed E-state index contributed by atoms with van der Waals surface area (Å²) in [5.41, 5.74) is 2.16. The van der Waals surface area contributed by atoms with E-state index in [2.05, 4.69) is 30.9 Å². The van der Waals surface area contributed by atoms with Gasteiger partial charge in [0.1, 0.15) is 0 Å². The third kappa shape index (κ3) is 3.43. The first-order valence-corrected chi connectivity index (χ1v) is 8.32. The fourth-order valence-corrected chi connectivity index (χ4v) is 2.97. The lowest BCUT2D eigenvalue weighted by atomic mass is 10.1. The Labute approximate surface area is 144 Å². The molecule has 128 valence electrons. The molecule has 25 heavy (non-hydrogen) atoms. The van der Waals surface area contributed by atoms with Gasteiger partial charge in [-0.05, 0) is 37.6 Å². The van der Waals surface area contributed by atoms with E-state index in [-0.39, 0.29) is 5.91 Å². The summed E-state index contributed by atoms with van der Waals surface area (Å²) in [5.74, 6) is 0.195. The van der Waals surface area contributed by atoms with Crippen LogP contribution in [0.15, 0.2) is 42.9 Å². The van der Waals surface area contributed by atoms with E-state index in [0.29, 0.717) is 17.6 Å². The predicted molar refractivity (Wildman–Crippen MR) is 93.1 cm³/mol. The SMILES string of the molecule is O=C(Nc1cc(-c2ccncc2)[nH]n1)c1ccn(C2CCCNC2)n1. The summed E-state index contributed by atoms with van der Waals surface area (Å²) >= 11 is 0. The number of carbonyl (C=O) groups is 1. The van der Waals surface area contributed by atoms with Crippen LogP contribution in [-0.2, 0) is 0 Å². The van der Waals surface area contributed by atoms with Gasteiger partial charge in [-0.1, -0.05) is 0 Å². The monoisotopic (exact) mass is 337 g/mol. The lowest BCUT2D eigenvalue weighted by Gasteiger charge is -2.22. The Bertz CT molecular complexity index is 849. The third-order valence-corrected chi connectivity index (χ3v) is 4.30. The second-order valence-electron chi connectivity index (χ2n) is 6.04. The maximum atomic E-state index is 12.4. The van der Waals surface area contributed by atoms with Gasteiger partial charge in [0, 0.05) is 36.8 Å². The van der Waals surface area contributed by atoms with Crippen molar-refractivity contribution in [3.05, 3.63) is 48.5 Å². The molecule has 3 N–H and O–H groups in total. The lowest BCUT2D eigenvalue weighted by Crippen LogP contribution is -2.32. The van der Waals surface area contributed by atoms with Gasteiger partial charge >= 0.3 is 0 Å². The van der Waals surface area contributed by atoms with Crippen LogP contribution in [0.25, 0.3) is 11.3 Å². The van der Waals surface area contributed by atoms with Gasteiger partial charge in [0.15, 0.2) is 11.5 Å². The molecule has 1 fully saturated rings. The smallest absolute Gasteiger partial charge is 0.277 e. The topological polar surface area (TPSA) is 101 Å². The van der Waals surface area contributed by atoms with E-state index in [1.54, 1.807) is 24.5 Å². The minimum absolute atomic E-state index is 0.268. The minimum Gasteiger partial charge on any atom is -0.315 e. The Morgan fingerprint density at radius 1 is 1.28 bits per heavy atom. The van der Waals surface area contributed by atoms with Crippen molar-refractivity contribution in [2.75, 3.05) is 18.4 Å². The van der Waals surface area contributed by atoms with E-state index in [1.807, 2.05) is 23.0 Å². The van der Waals surface area contributed by atoms with Crippen LogP contribution >= 0.6 is 0 Å². The largest absolute Gasteiger partial charge is 0.315 e. The van der Waals surface area contributed by atoms with Gasteiger partial charge in [0.25, 0.3) is 5.91 Å². The summed E-state index contributed by atoms with van der Waals surface area (Å²) in [6.07, 6.45) is 7.48. The molecule has 1 aliphatic rings. The normalized spacial score (nSPS) is 17.4. The molecule has 3 aromatic heterocycles. The maximum absolute atomic E-state index is 12.4. The highest BCUT2D eigenvalue weighted by molar-refractivity contribution is 6.02. The standard InChI is InChI=1S/C17H19N7O/c25-17(14-5-9-24(23-14)13-2-1-6-19-11-13)20-16-10-15(21-22-16)12-3-7-18-8-4-12/h3-5,7-10,13,19H,1-2,6,11H2,(H2,20,21,22,25). The molecule has 0 aromatic carbocycles. The number of amides is 1. The van der Waals surface area contributed by atoms with Crippen LogP contribution in [0, 0.1) is 0 Å². The van der Waals surface area contributed by atoms with Crippen molar-refractivity contribution < 1.29 is 4.79 Å². The Balaban J connectivity index is 1.44. The number of anilines is 1. The van der Waals surface area contributed by atoms with Gasteiger partial charge in [-0.3, -0.25) is 19.6 Å². The third-order valence-electron chi connectivity index (χ3n) is 4.30. The fourth-order valence-electron chi connectivity index (χ4n) is 2.97. The van der Waals surface area contributed by atoms with Gasteiger partial charge in [0.2, 0.25) is 0 Å². The number of aromatic nitrogens is 5. The molecule has 1 unspecified atom stereocenters. The molecule has 0 saturated carbocycles. The van der Waals surface area contributed by atoms with Crippen LogP contribution in [0.3, 0.4) is 0 Å². The average molecular weight is 337 g/mol. The van der Waals surface area contributed by atoms with Crippen LogP contribution in [0.5, 0.6) is 0 Å². The average Bonchev–Trinajstić information content (AvgIpc) is 3.33. The Morgan fingerprint density at radius 2 is 2.16 bits per heavy atom. The number of carbonyl (C=O) groups excluding carboxylic acids is 1. The van der Waals surface area contributed by atoms with Gasteiger partial charge in [-0.15, -0.1) is 0 Å². The zero-order chi connectivity index (χ0) is 17.1.